The molecular formula is C14H20ClN3O. The third kappa shape index (κ3) is 2.56. The van der Waals surface area contributed by atoms with Gasteiger partial charge in [0.1, 0.15) is 16.8 Å². The highest BCUT2D eigenvalue weighted by molar-refractivity contribution is 6.30. The third-order valence-electron chi connectivity index (χ3n) is 4.29. The topological polar surface area (TPSA) is 58.0 Å². The van der Waals surface area contributed by atoms with Crippen molar-refractivity contribution in [2.75, 3.05) is 11.9 Å². The fourth-order valence-corrected chi connectivity index (χ4v) is 2.95. The van der Waals surface area contributed by atoms with Gasteiger partial charge in [-0.05, 0) is 32.6 Å². The summed E-state index contributed by atoms with van der Waals surface area (Å²) in [5.74, 6) is 2.13. The molecule has 104 valence electrons. The zero-order chi connectivity index (χ0) is 13.5. The second-order valence-corrected chi connectivity index (χ2v) is 6.25. The van der Waals surface area contributed by atoms with E-state index in [1.165, 1.54) is 0 Å². The molecule has 2 N–H and O–H groups in total. The second-order valence-electron chi connectivity index (χ2n) is 5.89. The molecular weight excluding hydrogens is 262 g/mol. The standard InChI is InChI=1S/C14H20ClN3O/c1-9-11(15)16-13(10-4-5-10)17-12(9)18-14(8-19)6-2-3-7-14/h10,19H,2-8H2,1H3,(H,16,17,18). The van der Waals surface area contributed by atoms with E-state index in [4.69, 9.17) is 11.6 Å². The van der Waals surface area contributed by atoms with Gasteiger partial charge < -0.3 is 10.4 Å². The van der Waals surface area contributed by atoms with E-state index in [1.807, 2.05) is 6.92 Å². The Labute approximate surface area is 118 Å². The van der Waals surface area contributed by atoms with E-state index in [-0.39, 0.29) is 12.1 Å². The molecule has 1 aromatic heterocycles. The summed E-state index contributed by atoms with van der Waals surface area (Å²) < 4.78 is 0. The van der Waals surface area contributed by atoms with Crippen LogP contribution in [0.25, 0.3) is 0 Å². The van der Waals surface area contributed by atoms with Crippen LogP contribution in [-0.2, 0) is 0 Å². The Morgan fingerprint density at radius 1 is 1.32 bits per heavy atom. The van der Waals surface area contributed by atoms with Gasteiger partial charge in [-0.2, -0.15) is 0 Å². The van der Waals surface area contributed by atoms with E-state index in [9.17, 15) is 5.11 Å². The fraction of sp³-hybridized carbons (Fsp3) is 0.714. The van der Waals surface area contributed by atoms with Gasteiger partial charge in [0.05, 0.1) is 12.1 Å². The molecule has 1 heterocycles. The van der Waals surface area contributed by atoms with Crippen molar-refractivity contribution < 1.29 is 5.11 Å². The molecule has 0 atom stereocenters. The first kappa shape index (κ1) is 13.1. The van der Waals surface area contributed by atoms with Crippen molar-refractivity contribution >= 4 is 17.4 Å². The number of halogens is 1. The molecule has 2 aliphatic rings. The molecule has 0 radical (unpaired) electrons. The number of hydrogen-bond donors (Lipinski definition) is 2. The highest BCUT2D eigenvalue weighted by Crippen LogP contribution is 2.40. The zero-order valence-electron chi connectivity index (χ0n) is 11.2. The predicted molar refractivity (Wildman–Crippen MR) is 75.7 cm³/mol. The Hall–Kier alpha value is -0.870. The van der Waals surface area contributed by atoms with Gasteiger partial charge in [0, 0.05) is 11.5 Å². The maximum atomic E-state index is 9.69. The highest BCUT2D eigenvalue weighted by Gasteiger charge is 2.35. The first-order valence-corrected chi connectivity index (χ1v) is 7.44. The molecule has 1 aromatic rings. The first-order valence-electron chi connectivity index (χ1n) is 7.07. The van der Waals surface area contributed by atoms with Crippen LogP contribution in [0.1, 0.15) is 55.8 Å². The molecule has 3 rings (SSSR count). The van der Waals surface area contributed by atoms with E-state index in [1.54, 1.807) is 0 Å². The van der Waals surface area contributed by atoms with Crippen molar-refractivity contribution in [1.82, 2.24) is 9.97 Å². The maximum Gasteiger partial charge on any atom is 0.137 e. The highest BCUT2D eigenvalue weighted by atomic mass is 35.5. The number of rotatable bonds is 4. The summed E-state index contributed by atoms with van der Waals surface area (Å²) in [7, 11) is 0. The summed E-state index contributed by atoms with van der Waals surface area (Å²) in [6, 6.07) is 0. The molecule has 5 heteroatoms. The van der Waals surface area contributed by atoms with Crippen LogP contribution in [0.4, 0.5) is 5.82 Å². The minimum absolute atomic E-state index is 0.146. The predicted octanol–water partition coefficient (Wildman–Crippen LogP) is 3.03. The molecule has 2 aliphatic carbocycles. The van der Waals surface area contributed by atoms with Crippen LogP contribution in [0, 0.1) is 6.92 Å². The molecule has 0 saturated heterocycles. The Balaban J connectivity index is 1.90. The lowest BCUT2D eigenvalue weighted by Gasteiger charge is -2.29. The summed E-state index contributed by atoms with van der Waals surface area (Å²) in [5, 5.41) is 13.7. The summed E-state index contributed by atoms with van der Waals surface area (Å²) >= 11 is 6.21. The van der Waals surface area contributed by atoms with Crippen LogP contribution < -0.4 is 5.32 Å². The summed E-state index contributed by atoms with van der Waals surface area (Å²) in [4.78, 5) is 9.00. The van der Waals surface area contributed by atoms with Crippen molar-refractivity contribution in [3.8, 4) is 0 Å². The quantitative estimate of drug-likeness (QED) is 0.833. The molecule has 4 nitrogen and oxygen atoms in total. The largest absolute Gasteiger partial charge is 0.394 e. The van der Waals surface area contributed by atoms with Gasteiger partial charge in [-0.15, -0.1) is 0 Å². The van der Waals surface area contributed by atoms with Crippen LogP contribution in [0.5, 0.6) is 0 Å². The Bertz CT molecular complexity index is 482. The van der Waals surface area contributed by atoms with E-state index >= 15 is 0 Å². The summed E-state index contributed by atoms with van der Waals surface area (Å²) in [6.07, 6.45) is 6.60. The molecule has 0 amide bonds. The SMILES string of the molecule is Cc1c(Cl)nc(C2CC2)nc1NC1(CO)CCCC1. The number of aromatic nitrogens is 2. The number of nitrogens with one attached hydrogen (secondary N) is 1. The van der Waals surface area contributed by atoms with E-state index in [2.05, 4.69) is 15.3 Å². The normalized spacial score (nSPS) is 21.6. The number of nitrogens with zero attached hydrogens (tertiary/aromatic N) is 2. The number of aliphatic hydroxyl groups is 1. The minimum Gasteiger partial charge on any atom is -0.394 e. The summed E-state index contributed by atoms with van der Waals surface area (Å²) in [5.41, 5.74) is 0.661. The van der Waals surface area contributed by atoms with Crippen LogP contribution in [-0.4, -0.2) is 27.2 Å². The average molecular weight is 282 g/mol. The minimum atomic E-state index is -0.219. The molecule has 2 saturated carbocycles. The van der Waals surface area contributed by atoms with Crippen LogP contribution >= 0.6 is 11.6 Å². The van der Waals surface area contributed by atoms with Gasteiger partial charge in [-0.3, -0.25) is 0 Å². The lowest BCUT2D eigenvalue weighted by molar-refractivity contribution is 0.213. The van der Waals surface area contributed by atoms with Gasteiger partial charge in [-0.1, -0.05) is 24.4 Å². The summed E-state index contributed by atoms with van der Waals surface area (Å²) in [6.45, 7) is 2.08. The molecule has 2 fully saturated rings. The van der Waals surface area contributed by atoms with Gasteiger partial charge in [0.15, 0.2) is 0 Å². The van der Waals surface area contributed by atoms with Crippen LogP contribution in [0.2, 0.25) is 5.15 Å². The van der Waals surface area contributed by atoms with E-state index in [0.29, 0.717) is 11.1 Å². The van der Waals surface area contributed by atoms with Gasteiger partial charge in [0.2, 0.25) is 0 Å². The molecule has 0 unspecified atom stereocenters. The smallest absolute Gasteiger partial charge is 0.137 e. The van der Waals surface area contributed by atoms with Gasteiger partial charge in [0.25, 0.3) is 0 Å². The lowest BCUT2D eigenvalue weighted by atomic mass is 9.99. The Kier molecular flexibility index (Phi) is 3.39. The third-order valence-corrected chi connectivity index (χ3v) is 4.66. The Morgan fingerprint density at radius 2 is 2.00 bits per heavy atom. The Morgan fingerprint density at radius 3 is 2.58 bits per heavy atom. The van der Waals surface area contributed by atoms with E-state index < -0.39 is 0 Å². The zero-order valence-corrected chi connectivity index (χ0v) is 12.0. The number of anilines is 1. The maximum absolute atomic E-state index is 9.69. The van der Waals surface area contributed by atoms with Gasteiger partial charge in [-0.25, -0.2) is 9.97 Å². The monoisotopic (exact) mass is 281 g/mol. The fourth-order valence-electron chi connectivity index (χ4n) is 2.78. The number of hydrogen-bond acceptors (Lipinski definition) is 4. The molecule has 0 spiro atoms. The lowest BCUT2D eigenvalue weighted by Crippen LogP contribution is -2.39. The average Bonchev–Trinajstić information content (AvgIpc) is 3.15. The molecule has 0 aromatic carbocycles. The van der Waals surface area contributed by atoms with Crippen molar-refractivity contribution in [1.29, 1.82) is 0 Å². The van der Waals surface area contributed by atoms with Crippen LogP contribution in [0.15, 0.2) is 0 Å². The van der Waals surface area contributed by atoms with Crippen molar-refractivity contribution in [2.45, 2.75) is 56.9 Å². The van der Waals surface area contributed by atoms with Crippen molar-refractivity contribution in [3.05, 3.63) is 16.5 Å². The first-order chi connectivity index (χ1) is 9.13. The molecule has 19 heavy (non-hydrogen) atoms. The second kappa shape index (κ2) is 4.91. The van der Waals surface area contributed by atoms with Gasteiger partial charge >= 0.3 is 0 Å². The molecule has 0 aliphatic heterocycles. The van der Waals surface area contributed by atoms with E-state index in [0.717, 1.165) is 55.7 Å². The van der Waals surface area contributed by atoms with Crippen molar-refractivity contribution in [2.24, 2.45) is 0 Å². The molecule has 0 bridgehead atoms. The van der Waals surface area contributed by atoms with Crippen LogP contribution in [0.3, 0.4) is 0 Å². The van der Waals surface area contributed by atoms with Crippen molar-refractivity contribution in [3.63, 3.8) is 0 Å². The number of aliphatic hydroxyl groups excluding tert-OH is 1.